The molecular weight excluding hydrogens is 266 g/mol. The molecule has 0 radical (unpaired) electrons. The molecule has 6 heteroatoms. The Balaban J connectivity index is 2.06. The summed E-state index contributed by atoms with van der Waals surface area (Å²) in [5, 5.41) is 12.4. The zero-order chi connectivity index (χ0) is 15.5. The minimum absolute atomic E-state index is 0.0160. The van der Waals surface area contributed by atoms with E-state index in [-0.39, 0.29) is 12.1 Å². The molecular formula is C15H27N5O. The Morgan fingerprint density at radius 3 is 2.43 bits per heavy atom. The Bertz CT molecular complexity index is 464. The van der Waals surface area contributed by atoms with E-state index in [0.717, 1.165) is 50.2 Å². The normalized spacial score (nSPS) is 17.1. The largest absolute Gasteiger partial charge is 0.395 e. The summed E-state index contributed by atoms with van der Waals surface area (Å²) in [6.45, 7) is 13.1. The highest BCUT2D eigenvalue weighted by Crippen LogP contribution is 2.20. The molecule has 118 valence electrons. The van der Waals surface area contributed by atoms with Crippen molar-refractivity contribution in [3.8, 4) is 0 Å². The van der Waals surface area contributed by atoms with Crippen molar-refractivity contribution in [1.29, 1.82) is 0 Å². The molecule has 1 aliphatic rings. The van der Waals surface area contributed by atoms with E-state index in [4.69, 9.17) is 5.11 Å². The van der Waals surface area contributed by atoms with Gasteiger partial charge >= 0.3 is 0 Å². The van der Waals surface area contributed by atoms with E-state index in [1.807, 2.05) is 13.0 Å². The highest BCUT2D eigenvalue weighted by Gasteiger charge is 2.19. The number of piperazine rings is 1. The summed E-state index contributed by atoms with van der Waals surface area (Å²) in [5.74, 6) is 2.65. The quantitative estimate of drug-likeness (QED) is 0.867. The van der Waals surface area contributed by atoms with E-state index in [9.17, 15) is 0 Å². The van der Waals surface area contributed by atoms with E-state index in [1.54, 1.807) is 0 Å². The molecule has 0 saturated carbocycles. The van der Waals surface area contributed by atoms with Crippen LogP contribution in [0.3, 0.4) is 0 Å². The minimum Gasteiger partial charge on any atom is -0.395 e. The predicted octanol–water partition coefficient (Wildman–Crippen LogP) is 1.11. The first-order valence-corrected chi connectivity index (χ1v) is 7.59. The van der Waals surface area contributed by atoms with Gasteiger partial charge in [0.25, 0.3) is 0 Å². The summed E-state index contributed by atoms with van der Waals surface area (Å²) >= 11 is 0. The third-order valence-corrected chi connectivity index (χ3v) is 3.44. The molecule has 0 aromatic carbocycles. The Morgan fingerprint density at radius 1 is 1.19 bits per heavy atom. The van der Waals surface area contributed by atoms with Crippen molar-refractivity contribution < 1.29 is 5.11 Å². The van der Waals surface area contributed by atoms with Crippen molar-refractivity contribution >= 4 is 11.6 Å². The molecule has 2 rings (SSSR count). The summed E-state index contributed by atoms with van der Waals surface area (Å²) in [4.78, 5) is 13.6. The Hall–Kier alpha value is -1.40. The van der Waals surface area contributed by atoms with Crippen LogP contribution in [0.1, 0.15) is 26.6 Å². The van der Waals surface area contributed by atoms with E-state index < -0.39 is 0 Å². The number of aromatic nitrogens is 2. The van der Waals surface area contributed by atoms with Crippen LogP contribution in [0.4, 0.5) is 11.6 Å². The molecule has 0 aliphatic carbocycles. The van der Waals surface area contributed by atoms with Gasteiger partial charge in [0.15, 0.2) is 0 Å². The van der Waals surface area contributed by atoms with E-state index in [0.29, 0.717) is 0 Å². The molecule has 2 N–H and O–H groups in total. The number of aliphatic hydroxyl groups excluding tert-OH is 1. The van der Waals surface area contributed by atoms with Gasteiger partial charge in [-0.25, -0.2) is 9.97 Å². The number of rotatable bonds is 4. The average Bonchev–Trinajstić information content (AvgIpc) is 2.37. The average molecular weight is 293 g/mol. The molecule has 0 unspecified atom stereocenters. The molecule has 6 nitrogen and oxygen atoms in total. The molecule has 21 heavy (non-hydrogen) atoms. The monoisotopic (exact) mass is 293 g/mol. The Kier molecular flexibility index (Phi) is 5.00. The van der Waals surface area contributed by atoms with E-state index >= 15 is 0 Å². The van der Waals surface area contributed by atoms with Crippen LogP contribution < -0.4 is 10.2 Å². The fourth-order valence-corrected chi connectivity index (χ4v) is 2.50. The predicted molar refractivity (Wildman–Crippen MR) is 85.9 cm³/mol. The number of nitrogens with one attached hydrogen (secondary N) is 1. The standard InChI is InChI=1S/C15H27N5O/c1-12-16-13(18-15(2,3)4)11-14(17-12)20-7-5-19(6-8-20)9-10-21/h11,21H,5-10H2,1-4H3,(H,16,17,18). The van der Waals surface area contributed by atoms with Crippen molar-refractivity contribution in [2.24, 2.45) is 0 Å². The number of β-amino-alcohol motifs (C(OH)–C–C–N with tert-alkyl or cyclic N) is 1. The number of hydrogen-bond acceptors (Lipinski definition) is 6. The van der Waals surface area contributed by atoms with Crippen molar-refractivity contribution in [2.75, 3.05) is 49.5 Å². The molecule has 0 amide bonds. The highest BCUT2D eigenvalue weighted by atomic mass is 16.3. The molecule has 0 bridgehead atoms. The summed E-state index contributed by atoms with van der Waals surface area (Å²) in [5.41, 5.74) is -0.0160. The topological polar surface area (TPSA) is 64.5 Å². The minimum atomic E-state index is -0.0160. The smallest absolute Gasteiger partial charge is 0.134 e. The first-order chi connectivity index (χ1) is 9.87. The van der Waals surface area contributed by atoms with Gasteiger partial charge in [-0.2, -0.15) is 0 Å². The van der Waals surface area contributed by atoms with Crippen molar-refractivity contribution in [2.45, 2.75) is 33.2 Å². The Morgan fingerprint density at radius 2 is 1.86 bits per heavy atom. The van der Waals surface area contributed by atoms with Crippen LogP contribution >= 0.6 is 0 Å². The molecule has 1 saturated heterocycles. The van der Waals surface area contributed by atoms with Gasteiger partial charge in [0.1, 0.15) is 17.5 Å². The maximum Gasteiger partial charge on any atom is 0.134 e. The van der Waals surface area contributed by atoms with Crippen LogP contribution in [0, 0.1) is 6.92 Å². The lowest BCUT2D eigenvalue weighted by atomic mass is 10.1. The second-order valence-corrected chi connectivity index (χ2v) is 6.59. The van der Waals surface area contributed by atoms with Crippen LogP contribution in [0.15, 0.2) is 6.07 Å². The fraction of sp³-hybridized carbons (Fsp3) is 0.733. The highest BCUT2D eigenvalue weighted by molar-refractivity contribution is 5.50. The lowest BCUT2D eigenvalue weighted by Crippen LogP contribution is -2.47. The number of nitrogens with zero attached hydrogens (tertiary/aromatic N) is 4. The molecule has 1 aromatic rings. The summed E-state index contributed by atoms with van der Waals surface area (Å²) in [6, 6.07) is 2.03. The number of hydrogen-bond donors (Lipinski definition) is 2. The lowest BCUT2D eigenvalue weighted by molar-refractivity contribution is 0.188. The lowest BCUT2D eigenvalue weighted by Gasteiger charge is -2.35. The van der Waals surface area contributed by atoms with Crippen LogP contribution in [-0.4, -0.2) is 64.8 Å². The molecule has 1 aliphatic heterocycles. The third kappa shape index (κ3) is 4.82. The van der Waals surface area contributed by atoms with Crippen LogP contribution in [0.2, 0.25) is 0 Å². The summed E-state index contributed by atoms with van der Waals surface area (Å²) in [7, 11) is 0. The zero-order valence-corrected chi connectivity index (χ0v) is 13.6. The van der Waals surface area contributed by atoms with Gasteiger partial charge in [0, 0.05) is 44.3 Å². The number of aliphatic hydroxyl groups is 1. The fourth-order valence-electron chi connectivity index (χ4n) is 2.50. The van der Waals surface area contributed by atoms with Gasteiger partial charge in [-0.1, -0.05) is 0 Å². The number of aryl methyl sites for hydroxylation is 1. The van der Waals surface area contributed by atoms with Gasteiger partial charge in [0.05, 0.1) is 6.61 Å². The van der Waals surface area contributed by atoms with Crippen molar-refractivity contribution in [1.82, 2.24) is 14.9 Å². The first-order valence-electron chi connectivity index (χ1n) is 7.59. The van der Waals surface area contributed by atoms with Crippen LogP contribution in [0.5, 0.6) is 0 Å². The zero-order valence-electron chi connectivity index (χ0n) is 13.6. The maximum atomic E-state index is 9.00. The van der Waals surface area contributed by atoms with Gasteiger partial charge in [-0.15, -0.1) is 0 Å². The molecule has 2 heterocycles. The molecule has 0 atom stereocenters. The second-order valence-electron chi connectivity index (χ2n) is 6.59. The van der Waals surface area contributed by atoms with Gasteiger partial charge in [-0.3, -0.25) is 4.90 Å². The van der Waals surface area contributed by atoms with E-state index in [2.05, 4.69) is 45.9 Å². The molecule has 0 spiro atoms. The van der Waals surface area contributed by atoms with Crippen LogP contribution in [0.25, 0.3) is 0 Å². The van der Waals surface area contributed by atoms with Crippen molar-refractivity contribution in [3.63, 3.8) is 0 Å². The molecule has 1 fully saturated rings. The Labute approximate surface area is 127 Å². The van der Waals surface area contributed by atoms with Gasteiger partial charge < -0.3 is 15.3 Å². The molecule has 1 aromatic heterocycles. The third-order valence-electron chi connectivity index (χ3n) is 3.44. The summed E-state index contributed by atoms with van der Waals surface area (Å²) < 4.78 is 0. The van der Waals surface area contributed by atoms with E-state index in [1.165, 1.54) is 0 Å². The SMILES string of the molecule is Cc1nc(NC(C)(C)C)cc(N2CCN(CCO)CC2)n1. The second kappa shape index (κ2) is 6.58. The summed E-state index contributed by atoms with van der Waals surface area (Å²) in [6.07, 6.45) is 0. The van der Waals surface area contributed by atoms with Gasteiger partial charge in [0.2, 0.25) is 0 Å². The van der Waals surface area contributed by atoms with Crippen LogP contribution in [-0.2, 0) is 0 Å². The van der Waals surface area contributed by atoms with Crippen molar-refractivity contribution in [3.05, 3.63) is 11.9 Å². The first kappa shape index (κ1) is 16.0. The maximum absolute atomic E-state index is 9.00. The van der Waals surface area contributed by atoms with Gasteiger partial charge in [-0.05, 0) is 27.7 Å². The number of anilines is 2.